The maximum atomic E-state index is 12.7. The highest BCUT2D eigenvalue weighted by Crippen LogP contribution is 2.44. The van der Waals surface area contributed by atoms with E-state index in [2.05, 4.69) is 22.8 Å². The van der Waals surface area contributed by atoms with Gasteiger partial charge in [-0.15, -0.1) is 0 Å². The van der Waals surface area contributed by atoms with E-state index in [1.54, 1.807) is 12.1 Å². The number of ether oxygens (including phenoxy) is 2. The third-order valence-corrected chi connectivity index (χ3v) is 6.25. The molecule has 0 fully saturated rings. The average molecular weight is 489 g/mol. The molecule has 0 aliphatic heterocycles. The van der Waals surface area contributed by atoms with Crippen LogP contribution in [0.1, 0.15) is 29.5 Å². The summed E-state index contributed by atoms with van der Waals surface area (Å²) in [5.41, 5.74) is 5.15. The molecular formula is C28H28N2O6. The molecule has 2 amide bonds. The minimum Gasteiger partial charge on any atom is -0.508 e. The van der Waals surface area contributed by atoms with Crippen LogP contribution in [0.5, 0.6) is 5.75 Å². The van der Waals surface area contributed by atoms with Crippen molar-refractivity contribution < 1.29 is 29.0 Å². The molecule has 8 heteroatoms. The summed E-state index contributed by atoms with van der Waals surface area (Å²) in [5, 5.41) is 14.6. The normalized spacial score (nSPS) is 13.6. The Morgan fingerprint density at radius 1 is 0.889 bits per heavy atom. The van der Waals surface area contributed by atoms with Crippen molar-refractivity contribution in [1.29, 1.82) is 0 Å². The summed E-state index contributed by atoms with van der Waals surface area (Å²) < 4.78 is 10.3. The molecule has 1 unspecified atom stereocenters. The molecule has 0 saturated heterocycles. The predicted molar refractivity (Wildman–Crippen MR) is 133 cm³/mol. The van der Waals surface area contributed by atoms with Gasteiger partial charge in [0.25, 0.3) is 0 Å². The lowest BCUT2D eigenvalue weighted by atomic mass is 9.98. The Balaban J connectivity index is 1.34. The minimum atomic E-state index is -0.959. The van der Waals surface area contributed by atoms with Crippen LogP contribution in [-0.4, -0.2) is 48.9 Å². The number of fused-ring (bicyclic) bond motifs is 3. The summed E-state index contributed by atoms with van der Waals surface area (Å²) in [6.07, 6.45) is -0.566. The third kappa shape index (κ3) is 5.49. The van der Waals surface area contributed by atoms with Gasteiger partial charge in [-0.05, 0) is 46.9 Å². The van der Waals surface area contributed by atoms with Crippen molar-refractivity contribution in [2.45, 2.75) is 31.3 Å². The van der Waals surface area contributed by atoms with Crippen LogP contribution in [0.2, 0.25) is 0 Å². The highest BCUT2D eigenvalue weighted by Gasteiger charge is 2.30. The maximum Gasteiger partial charge on any atom is 0.407 e. The van der Waals surface area contributed by atoms with E-state index in [0.717, 1.165) is 27.8 Å². The number of phenols is 1. The summed E-state index contributed by atoms with van der Waals surface area (Å²) in [6, 6.07) is 20.4. The molecule has 0 radical (unpaired) electrons. The Labute approximate surface area is 209 Å². The largest absolute Gasteiger partial charge is 0.508 e. The maximum absolute atomic E-state index is 12.7. The van der Waals surface area contributed by atoms with E-state index in [-0.39, 0.29) is 24.7 Å². The SMILES string of the molecule is COC(=O)[C@H](Cc1ccc(O)cc1)NC(=O)C(C)NC(=O)OCC1c2ccccc2-c2ccccc21. The number of carbonyl (C=O) groups is 3. The molecule has 186 valence electrons. The first-order valence-electron chi connectivity index (χ1n) is 11.6. The number of hydrogen-bond acceptors (Lipinski definition) is 6. The molecular weight excluding hydrogens is 460 g/mol. The van der Waals surface area contributed by atoms with Crippen LogP contribution < -0.4 is 10.6 Å². The van der Waals surface area contributed by atoms with E-state index in [1.807, 2.05) is 36.4 Å². The summed E-state index contributed by atoms with van der Waals surface area (Å²) in [6.45, 7) is 1.63. The van der Waals surface area contributed by atoms with Gasteiger partial charge in [0.05, 0.1) is 7.11 Å². The number of hydrogen-bond donors (Lipinski definition) is 3. The van der Waals surface area contributed by atoms with Gasteiger partial charge in [0.15, 0.2) is 0 Å². The molecule has 8 nitrogen and oxygen atoms in total. The van der Waals surface area contributed by atoms with Gasteiger partial charge in [0.1, 0.15) is 24.4 Å². The first-order chi connectivity index (χ1) is 17.4. The van der Waals surface area contributed by atoms with E-state index in [4.69, 9.17) is 9.47 Å². The number of amides is 2. The van der Waals surface area contributed by atoms with Gasteiger partial charge in [-0.3, -0.25) is 4.79 Å². The molecule has 36 heavy (non-hydrogen) atoms. The molecule has 0 aromatic heterocycles. The molecule has 1 aliphatic carbocycles. The van der Waals surface area contributed by atoms with Gasteiger partial charge in [-0.25, -0.2) is 9.59 Å². The number of phenolic OH excluding ortho intramolecular Hbond substituents is 1. The molecule has 0 saturated carbocycles. The van der Waals surface area contributed by atoms with E-state index in [9.17, 15) is 19.5 Å². The third-order valence-electron chi connectivity index (χ3n) is 6.25. The van der Waals surface area contributed by atoms with Crippen molar-refractivity contribution in [3.05, 3.63) is 89.5 Å². The molecule has 2 atom stereocenters. The van der Waals surface area contributed by atoms with Crippen molar-refractivity contribution in [3.63, 3.8) is 0 Å². The van der Waals surface area contributed by atoms with Crippen LogP contribution in [-0.2, 0) is 25.5 Å². The van der Waals surface area contributed by atoms with Crippen LogP contribution in [0, 0.1) is 0 Å². The number of benzene rings is 3. The number of carbonyl (C=O) groups excluding carboxylic acids is 3. The average Bonchev–Trinajstić information content (AvgIpc) is 3.21. The van der Waals surface area contributed by atoms with Crippen LogP contribution in [0.4, 0.5) is 4.79 Å². The number of alkyl carbamates (subject to hydrolysis) is 1. The van der Waals surface area contributed by atoms with Gasteiger partial charge in [-0.2, -0.15) is 0 Å². The van der Waals surface area contributed by atoms with Gasteiger partial charge < -0.3 is 25.2 Å². The fourth-order valence-corrected chi connectivity index (χ4v) is 4.38. The number of methoxy groups -OCH3 is 1. The zero-order valence-corrected chi connectivity index (χ0v) is 20.1. The zero-order chi connectivity index (χ0) is 25.7. The standard InChI is InChI=1S/C28H28N2O6/c1-17(26(32)30-25(27(33)35-2)15-18-11-13-19(31)14-12-18)29-28(34)36-16-24-22-9-5-3-7-20(22)21-8-4-6-10-23(21)24/h3-14,17,24-25,31H,15-16H2,1-2H3,(H,29,34)(H,30,32)/t17?,25-/m0/s1. The Kier molecular flexibility index (Phi) is 7.53. The van der Waals surface area contributed by atoms with E-state index in [0.29, 0.717) is 0 Å². The van der Waals surface area contributed by atoms with E-state index < -0.39 is 30.1 Å². The molecule has 0 spiro atoms. The summed E-state index contributed by atoms with van der Waals surface area (Å²) >= 11 is 0. The second-order valence-corrected chi connectivity index (χ2v) is 8.65. The van der Waals surface area contributed by atoms with Crippen LogP contribution >= 0.6 is 0 Å². The van der Waals surface area contributed by atoms with E-state index >= 15 is 0 Å². The Hall–Kier alpha value is -4.33. The van der Waals surface area contributed by atoms with Gasteiger partial charge in [-0.1, -0.05) is 60.7 Å². The zero-order valence-electron chi connectivity index (χ0n) is 20.1. The Morgan fingerprint density at radius 2 is 1.47 bits per heavy atom. The van der Waals surface area contributed by atoms with Crippen molar-refractivity contribution in [2.24, 2.45) is 0 Å². The summed E-state index contributed by atoms with van der Waals surface area (Å²) in [4.78, 5) is 37.4. The molecule has 1 aliphatic rings. The van der Waals surface area contributed by atoms with Crippen LogP contribution in [0.3, 0.4) is 0 Å². The predicted octanol–water partition coefficient (Wildman–Crippen LogP) is 3.52. The molecule has 0 bridgehead atoms. The molecule has 3 N–H and O–H groups in total. The lowest BCUT2D eigenvalue weighted by Gasteiger charge is -2.20. The summed E-state index contributed by atoms with van der Waals surface area (Å²) in [5.74, 6) is -1.18. The van der Waals surface area contributed by atoms with Gasteiger partial charge in [0, 0.05) is 12.3 Å². The fourth-order valence-electron chi connectivity index (χ4n) is 4.38. The highest BCUT2D eigenvalue weighted by molar-refractivity contribution is 5.89. The molecule has 0 heterocycles. The topological polar surface area (TPSA) is 114 Å². The fraction of sp³-hybridized carbons (Fsp3) is 0.250. The number of rotatable bonds is 8. The van der Waals surface area contributed by atoms with Crippen molar-refractivity contribution in [3.8, 4) is 16.9 Å². The summed E-state index contributed by atoms with van der Waals surface area (Å²) in [7, 11) is 1.23. The van der Waals surface area contributed by atoms with Crippen LogP contribution in [0.25, 0.3) is 11.1 Å². The highest BCUT2D eigenvalue weighted by atomic mass is 16.5. The number of nitrogens with one attached hydrogen (secondary N) is 2. The van der Waals surface area contributed by atoms with Gasteiger partial charge >= 0.3 is 12.1 Å². The smallest absolute Gasteiger partial charge is 0.407 e. The second kappa shape index (κ2) is 10.9. The second-order valence-electron chi connectivity index (χ2n) is 8.65. The number of aromatic hydroxyl groups is 1. The lowest BCUT2D eigenvalue weighted by molar-refractivity contribution is -0.145. The molecule has 3 aromatic carbocycles. The van der Waals surface area contributed by atoms with Crippen molar-refractivity contribution in [2.75, 3.05) is 13.7 Å². The minimum absolute atomic E-state index is 0.0957. The van der Waals surface area contributed by atoms with Crippen molar-refractivity contribution >= 4 is 18.0 Å². The Morgan fingerprint density at radius 3 is 2.06 bits per heavy atom. The number of esters is 1. The van der Waals surface area contributed by atoms with E-state index in [1.165, 1.54) is 26.2 Å². The lowest BCUT2D eigenvalue weighted by Crippen LogP contribution is -2.51. The Bertz CT molecular complexity index is 1210. The first-order valence-corrected chi connectivity index (χ1v) is 11.6. The van der Waals surface area contributed by atoms with Crippen LogP contribution in [0.15, 0.2) is 72.8 Å². The molecule has 4 rings (SSSR count). The first kappa shape index (κ1) is 24.8. The monoisotopic (exact) mass is 488 g/mol. The quantitative estimate of drug-likeness (QED) is 0.418. The van der Waals surface area contributed by atoms with Crippen molar-refractivity contribution in [1.82, 2.24) is 10.6 Å². The molecule has 3 aromatic rings. The van der Waals surface area contributed by atoms with Gasteiger partial charge in [0.2, 0.25) is 5.91 Å².